The summed E-state index contributed by atoms with van der Waals surface area (Å²) >= 11 is 0. The lowest BCUT2D eigenvalue weighted by molar-refractivity contribution is -0.119. The molecule has 2 aromatic rings. The van der Waals surface area contributed by atoms with E-state index in [4.69, 9.17) is 31.5 Å². The van der Waals surface area contributed by atoms with Gasteiger partial charge in [0.25, 0.3) is 15.6 Å². The van der Waals surface area contributed by atoms with Crippen LogP contribution in [-0.2, 0) is 19.7 Å². The third-order valence-corrected chi connectivity index (χ3v) is 5.83. The minimum atomic E-state index is -4.27. The lowest BCUT2D eigenvalue weighted by Crippen LogP contribution is -2.29. The Balaban J connectivity index is 2.49. The lowest BCUT2D eigenvalue weighted by Gasteiger charge is -2.19. The van der Waals surface area contributed by atoms with Crippen molar-refractivity contribution in [2.24, 2.45) is 22.4 Å². The van der Waals surface area contributed by atoms with E-state index in [0.717, 1.165) is 0 Å². The number of sulfonamides is 1. The highest BCUT2D eigenvalue weighted by atomic mass is 32.2. The van der Waals surface area contributed by atoms with Gasteiger partial charge in [-0.2, -0.15) is 0 Å². The summed E-state index contributed by atoms with van der Waals surface area (Å²) in [6, 6.07) is 5.36. The van der Waals surface area contributed by atoms with Crippen molar-refractivity contribution in [2.45, 2.75) is 24.2 Å². The molecule has 0 aliphatic heterocycles. The second kappa shape index (κ2) is 10.6. The van der Waals surface area contributed by atoms with Crippen molar-refractivity contribution in [2.75, 3.05) is 25.5 Å². The molecule has 0 saturated carbocycles. The summed E-state index contributed by atoms with van der Waals surface area (Å²) in [5.74, 6) is -1.71. The number of aryl methyl sites for hydroxylation is 1. The van der Waals surface area contributed by atoms with Crippen LogP contribution in [0, 0.1) is 6.92 Å². The molecular formula is C19H26N6O7S. The fourth-order valence-electron chi connectivity index (χ4n) is 3.01. The SMILES string of the molecule is COc1ccc(S(=O)(=O)Nc2c(C(CCON=C(N)N)C(N)=O)cc(C)[nH]c2=O)cc1OC. The van der Waals surface area contributed by atoms with Crippen LogP contribution in [0.3, 0.4) is 0 Å². The van der Waals surface area contributed by atoms with Crippen molar-refractivity contribution in [3.05, 3.63) is 45.9 Å². The molecule has 180 valence electrons. The number of carbonyl (C=O) groups is 1. The number of nitrogens with two attached hydrogens (primary N) is 3. The number of methoxy groups -OCH3 is 2. The maximum atomic E-state index is 13.0. The first-order valence-electron chi connectivity index (χ1n) is 9.49. The standard InChI is InChI=1S/C19H26N6O7S/c1-10-8-13(12(17(20)26)6-7-32-24-19(21)22)16(18(27)23-10)25-33(28,29)11-4-5-14(30-2)15(9-11)31-3/h4-5,8-9,12,25H,6-7H2,1-3H3,(H2,20,26)(H,23,27)(H4,21,22,24). The van der Waals surface area contributed by atoms with Gasteiger partial charge in [0.15, 0.2) is 11.5 Å². The summed E-state index contributed by atoms with van der Waals surface area (Å²) in [5, 5.41) is 3.36. The van der Waals surface area contributed by atoms with Gasteiger partial charge in [-0.25, -0.2) is 8.42 Å². The third-order valence-electron chi connectivity index (χ3n) is 4.49. The highest BCUT2D eigenvalue weighted by Gasteiger charge is 2.27. The molecule has 0 aliphatic carbocycles. The number of guanidine groups is 1. The predicted octanol–water partition coefficient (Wildman–Crippen LogP) is -0.335. The molecule has 0 radical (unpaired) electrons. The zero-order valence-corrected chi connectivity index (χ0v) is 19.1. The van der Waals surface area contributed by atoms with E-state index >= 15 is 0 Å². The molecule has 1 aromatic heterocycles. The number of oxime groups is 1. The number of carbonyl (C=O) groups excluding carboxylic acids is 1. The number of hydrogen-bond acceptors (Lipinski definition) is 8. The largest absolute Gasteiger partial charge is 0.493 e. The van der Waals surface area contributed by atoms with E-state index in [9.17, 15) is 18.0 Å². The Morgan fingerprint density at radius 2 is 1.82 bits per heavy atom. The van der Waals surface area contributed by atoms with Gasteiger partial charge in [0.1, 0.15) is 12.3 Å². The van der Waals surface area contributed by atoms with Gasteiger partial charge in [-0.3, -0.25) is 14.3 Å². The topological polar surface area (TPSA) is 214 Å². The fraction of sp³-hybridized carbons (Fsp3) is 0.316. The highest BCUT2D eigenvalue weighted by molar-refractivity contribution is 7.92. The number of pyridine rings is 1. The molecule has 2 rings (SSSR count). The van der Waals surface area contributed by atoms with Crippen LogP contribution < -0.4 is 37.0 Å². The van der Waals surface area contributed by atoms with Gasteiger partial charge in [-0.15, -0.1) is 0 Å². The molecule has 0 spiro atoms. The first-order valence-corrected chi connectivity index (χ1v) is 11.0. The lowest BCUT2D eigenvalue weighted by atomic mass is 9.94. The smallest absolute Gasteiger partial charge is 0.272 e. The molecule has 13 nitrogen and oxygen atoms in total. The Morgan fingerprint density at radius 3 is 2.39 bits per heavy atom. The van der Waals surface area contributed by atoms with Crippen LogP contribution in [0.2, 0.25) is 0 Å². The number of H-pyrrole nitrogens is 1. The number of amides is 1. The monoisotopic (exact) mass is 482 g/mol. The van der Waals surface area contributed by atoms with Gasteiger partial charge in [-0.1, -0.05) is 0 Å². The molecule has 1 aromatic carbocycles. The van der Waals surface area contributed by atoms with Crippen LogP contribution >= 0.6 is 0 Å². The summed E-state index contributed by atoms with van der Waals surface area (Å²) < 4.78 is 38.6. The molecule has 1 amide bonds. The molecule has 1 atom stereocenters. The second-order valence-electron chi connectivity index (χ2n) is 6.83. The maximum absolute atomic E-state index is 13.0. The highest BCUT2D eigenvalue weighted by Crippen LogP contribution is 2.31. The minimum Gasteiger partial charge on any atom is -0.493 e. The number of primary amides is 1. The molecule has 8 N–H and O–H groups in total. The van der Waals surface area contributed by atoms with Crippen molar-refractivity contribution >= 4 is 27.6 Å². The molecule has 0 saturated heterocycles. The Bertz CT molecular complexity index is 1210. The van der Waals surface area contributed by atoms with Crippen LogP contribution in [0.4, 0.5) is 5.69 Å². The summed E-state index contributed by atoms with van der Waals surface area (Å²) in [6.07, 6.45) is -0.0277. The van der Waals surface area contributed by atoms with Crippen molar-refractivity contribution in [3.63, 3.8) is 0 Å². The van der Waals surface area contributed by atoms with E-state index in [1.165, 1.54) is 38.5 Å². The first-order chi connectivity index (χ1) is 15.5. The first kappa shape index (κ1) is 25.3. The van der Waals surface area contributed by atoms with Crippen LogP contribution in [0.15, 0.2) is 39.1 Å². The van der Waals surface area contributed by atoms with Crippen LogP contribution in [0.25, 0.3) is 0 Å². The number of anilines is 1. The van der Waals surface area contributed by atoms with Gasteiger partial charge in [0.2, 0.25) is 11.9 Å². The van der Waals surface area contributed by atoms with Gasteiger partial charge in [0, 0.05) is 11.8 Å². The van der Waals surface area contributed by atoms with Crippen molar-refractivity contribution in [3.8, 4) is 11.5 Å². The number of hydrogen-bond donors (Lipinski definition) is 5. The van der Waals surface area contributed by atoms with Gasteiger partial charge in [-0.05, 0) is 42.3 Å². The van der Waals surface area contributed by atoms with Gasteiger partial charge < -0.3 is 36.5 Å². The molecule has 0 fully saturated rings. The average Bonchev–Trinajstić information content (AvgIpc) is 2.74. The number of nitrogens with zero attached hydrogens (tertiary/aromatic N) is 1. The van der Waals surface area contributed by atoms with E-state index in [0.29, 0.717) is 11.4 Å². The number of nitrogens with one attached hydrogen (secondary N) is 2. The predicted molar refractivity (Wildman–Crippen MR) is 120 cm³/mol. The number of ether oxygens (including phenoxy) is 2. The molecule has 33 heavy (non-hydrogen) atoms. The molecule has 1 unspecified atom stereocenters. The summed E-state index contributed by atoms with van der Waals surface area (Å²) in [4.78, 5) is 32.0. The maximum Gasteiger partial charge on any atom is 0.272 e. The average molecular weight is 483 g/mol. The fourth-order valence-corrected chi connectivity index (χ4v) is 4.12. The number of benzene rings is 1. The molecular weight excluding hydrogens is 456 g/mol. The van der Waals surface area contributed by atoms with Crippen LogP contribution in [0.1, 0.15) is 23.6 Å². The van der Waals surface area contributed by atoms with Crippen molar-refractivity contribution < 1.29 is 27.5 Å². The molecule has 1 heterocycles. The Hall–Kier alpha value is -3.94. The summed E-state index contributed by atoms with van der Waals surface area (Å²) in [7, 11) is -1.51. The zero-order chi connectivity index (χ0) is 24.8. The number of aromatic amines is 1. The second-order valence-corrected chi connectivity index (χ2v) is 8.51. The molecule has 14 heteroatoms. The zero-order valence-electron chi connectivity index (χ0n) is 18.2. The number of rotatable bonds is 11. The summed E-state index contributed by atoms with van der Waals surface area (Å²) in [5.41, 5.74) is 15.2. The number of aromatic nitrogens is 1. The van der Waals surface area contributed by atoms with E-state index in [-0.39, 0.29) is 40.9 Å². The van der Waals surface area contributed by atoms with Crippen LogP contribution in [0.5, 0.6) is 11.5 Å². The Morgan fingerprint density at radius 1 is 1.15 bits per heavy atom. The van der Waals surface area contributed by atoms with E-state index in [2.05, 4.69) is 14.9 Å². The Kier molecular flexibility index (Phi) is 8.12. The van der Waals surface area contributed by atoms with E-state index < -0.39 is 27.4 Å². The van der Waals surface area contributed by atoms with Gasteiger partial charge >= 0.3 is 0 Å². The third kappa shape index (κ3) is 6.29. The quantitative estimate of drug-likeness (QED) is 0.122. The molecule has 0 bridgehead atoms. The van der Waals surface area contributed by atoms with E-state index in [1.54, 1.807) is 6.92 Å². The minimum absolute atomic E-state index is 0.0277. The van der Waals surface area contributed by atoms with Gasteiger partial charge in [0.05, 0.1) is 25.0 Å². The molecule has 0 aliphatic rings. The van der Waals surface area contributed by atoms with Crippen molar-refractivity contribution in [1.29, 1.82) is 0 Å². The van der Waals surface area contributed by atoms with Crippen molar-refractivity contribution in [1.82, 2.24) is 4.98 Å². The normalized spacial score (nSPS) is 11.8. The van der Waals surface area contributed by atoms with E-state index in [1.807, 2.05) is 0 Å². The Labute approximate surface area is 189 Å². The summed E-state index contributed by atoms with van der Waals surface area (Å²) in [6.45, 7) is 1.45. The van der Waals surface area contributed by atoms with Crippen LogP contribution in [-0.4, -0.2) is 46.1 Å².